The van der Waals surface area contributed by atoms with Gasteiger partial charge in [-0.25, -0.2) is 0 Å². The molecule has 22 heavy (non-hydrogen) atoms. The monoisotopic (exact) mass is 310 g/mol. The van der Waals surface area contributed by atoms with Crippen LogP contribution in [-0.2, 0) is 14.3 Å². The number of hydrogen-bond donors (Lipinski definition) is 1. The predicted molar refractivity (Wildman–Crippen MR) is 86.4 cm³/mol. The summed E-state index contributed by atoms with van der Waals surface area (Å²) < 4.78 is 4.92. The maximum absolute atomic E-state index is 12.0. The third kappa shape index (κ3) is 6.73. The summed E-state index contributed by atoms with van der Waals surface area (Å²) in [5, 5.41) is 9.93. The lowest BCUT2D eigenvalue weighted by molar-refractivity contribution is -0.143. The van der Waals surface area contributed by atoms with Crippen molar-refractivity contribution in [3.8, 4) is 0 Å². The van der Waals surface area contributed by atoms with Gasteiger partial charge in [0.25, 0.3) is 0 Å². The molecule has 1 fully saturated rings. The molecule has 0 aromatic heterocycles. The van der Waals surface area contributed by atoms with Gasteiger partial charge in [-0.2, -0.15) is 0 Å². The number of ketones is 1. The van der Waals surface area contributed by atoms with E-state index in [2.05, 4.69) is 6.92 Å². The SMILES string of the molecule is CCCCCC(O)C=C[C@H]1CCC(=O)[C@H]1CCC(=O)OCC. The number of ether oxygens (including phenoxy) is 1. The Morgan fingerprint density at radius 1 is 1.41 bits per heavy atom. The van der Waals surface area contributed by atoms with Crippen molar-refractivity contribution in [1.29, 1.82) is 0 Å². The third-order valence-electron chi connectivity index (χ3n) is 4.30. The number of hydrogen-bond acceptors (Lipinski definition) is 4. The number of aliphatic hydroxyl groups is 1. The molecular weight excluding hydrogens is 280 g/mol. The van der Waals surface area contributed by atoms with Crippen LogP contribution in [0.15, 0.2) is 12.2 Å². The molecule has 1 aliphatic carbocycles. The van der Waals surface area contributed by atoms with Gasteiger partial charge in [0, 0.05) is 18.8 Å². The Kier molecular flexibility index (Phi) is 9.05. The topological polar surface area (TPSA) is 63.6 Å². The van der Waals surface area contributed by atoms with Crippen molar-refractivity contribution in [2.45, 2.75) is 71.3 Å². The van der Waals surface area contributed by atoms with Crippen LogP contribution in [0.5, 0.6) is 0 Å². The lowest BCUT2D eigenvalue weighted by Gasteiger charge is -2.15. The zero-order chi connectivity index (χ0) is 16.4. The van der Waals surface area contributed by atoms with E-state index in [4.69, 9.17) is 4.74 Å². The Hall–Kier alpha value is -1.16. The minimum atomic E-state index is -0.423. The smallest absolute Gasteiger partial charge is 0.305 e. The first-order valence-corrected chi connectivity index (χ1v) is 8.63. The van der Waals surface area contributed by atoms with E-state index in [1.807, 2.05) is 12.2 Å². The van der Waals surface area contributed by atoms with Gasteiger partial charge >= 0.3 is 5.97 Å². The van der Waals surface area contributed by atoms with Crippen molar-refractivity contribution in [1.82, 2.24) is 0 Å². The third-order valence-corrected chi connectivity index (χ3v) is 4.30. The van der Waals surface area contributed by atoms with E-state index in [-0.39, 0.29) is 23.6 Å². The molecule has 0 amide bonds. The van der Waals surface area contributed by atoms with Crippen LogP contribution in [0.3, 0.4) is 0 Å². The van der Waals surface area contributed by atoms with Crippen LogP contribution in [0, 0.1) is 11.8 Å². The number of rotatable bonds is 10. The van der Waals surface area contributed by atoms with Gasteiger partial charge in [-0.3, -0.25) is 9.59 Å². The van der Waals surface area contributed by atoms with Crippen LogP contribution in [0.2, 0.25) is 0 Å². The van der Waals surface area contributed by atoms with Gasteiger partial charge in [0.05, 0.1) is 12.7 Å². The van der Waals surface area contributed by atoms with Gasteiger partial charge in [-0.1, -0.05) is 38.3 Å². The number of carbonyl (C=O) groups excluding carboxylic acids is 2. The Balaban J connectivity index is 2.43. The molecule has 1 saturated carbocycles. The van der Waals surface area contributed by atoms with E-state index in [9.17, 15) is 14.7 Å². The van der Waals surface area contributed by atoms with E-state index < -0.39 is 6.10 Å². The zero-order valence-corrected chi connectivity index (χ0v) is 13.9. The van der Waals surface area contributed by atoms with Crippen molar-refractivity contribution in [2.24, 2.45) is 11.8 Å². The second-order valence-corrected chi connectivity index (χ2v) is 6.07. The number of esters is 1. The Labute approximate surface area is 133 Å². The van der Waals surface area contributed by atoms with Crippen LogP contribution in [0.1, 0.15) is 65.2 Å². The summed E-state index contributed by atoms with van der Waals surface area (Å²) in [5.41, 5.74) is 0. The number of Topliss-reactive ketones (excluding diaryl/α,β-unsaturated/α-hetero) is 1. The minimum absolute atomic E-state index is 0.0940. The van der Waals surface area contributed by atoms with Gasteiger partial charge in [-0.15, -0.1) is 0 Å². The largest absolute Gasteiger partial charge is 0.466 e. The average molecular weight is 310 g/mol. The molecule has 1 aliphatic rings. The molecule has 0 aromatic carbocycles. The normalized spacial score (nSPS) is 23.1. The van der Waals surface area contributed by atoms with Gasteiger partial charge in [0.15, 0.2) is 0 Å². The van der Waals surface area contributed by atoms with Crippen molar-refractivity contribution in [3.05, 3.63) is 12.2 Å². The first-order valence-electron chi connectivity index (χ1n) is 8.63. The highest BCUT2D eigenvalue weighted by Gasteiger charge is 2.33. The molecule has 4 nitrogen and oxygen atoms in total. The van der Waals surface area contributed by atoms with Crippen molar-refractivity contribution in [3.63, 3.8) is 0 Å². The number of unbranched alkanes of at least 4 members (excludes halogenated alkanes) is 2. The van der Waals surface area contributed by atoms with Gasteiger partial charge in [0.2, 0.25) is 0 Å². The molecule has 4 heteroatoms. The van der Waals surface area contributed by atoms with E-state index in [0.717, 1.165) is 32.1 Å². The number of allylic oxidation sites excluding steroid dienone is 1. The molecule has 1 rings (SSSR count). The number of aliphatic hydroxyl groups excluding tert-OH is 1. The number of carbonyl (C=O) groups is 2. The van der Waals surface area contributed by atoms with Crippen LogP contribution in [0.25, 0.3) is 0 Å². The molecule has 0 aromatic rings. The molecule has 0 saturated heterocycles. The maximum atomic E-state index is 12.0. The first kappa shape index (κ1) is 18.9. The van der Waals surface area contributed by atoms with Crippen molar-refractivity contribution < 1.29 is 19.4 Å². The summed E-state index contributed by atoms with van der Waals surface area (Å²) in [6, 6.07) is 0. The fourth-order valence-electron chi connectivity index (χ4n) is 3.02. The van der Waals surface area contributed by atoms with Crippen molar-refractivity contribution >= 4 is 11.8 Å². The molecule has 0 aliphatic heterocycles. The van der Waals surface area contributed by atoms with E-state index in [1.165, 1.54) is 0 Å². The summed E-state index contributed by atoms with van der Waals surface area (Å²) in [4.78, 5) is 23.4. The van der Waals surface area contributed by atoms with E-state index in [0.29, 0.717) is 25.9 Å². The van der Waals surface area contributed by atoms with Crippen molar-refractivity contribution in [2.75, 3.05) is 6.61 Å². The Morgan fingerprint density at radius 3 is 2.86 bits per heavy atom. The average Bonchev–Trinajstić information content (AvgIpc) is 2.84. The second-order valence-electron chi connectivity index (χ2n) is 6.07. The zero-order valence-electron chi connectivity index (χ0n) is 13.9. The lowest BCUT2D eigenvalue weighted by atomic mass is 9.90. The highest BCUT2D eigenvalue weighted by atomic mass is 16.5. The Morgan fingerprint density at radius 2 is 2.18 bits per heavy atom. The first-order chi connectivity index (χ1) is 10.6. The van der Waals surface area contributed by atoms with Crippen LogP contribution in [0.4, 0.5) is 0 Å². The summed E-state index contributed by atoms with van der Waals surface area (Å²) in [6.45, 7) is 4.30. The van der Waals surface area contributed by atoms with E-state index in [1.54, 1.807) is 6.92 Å². The summed E-state index contributed by atoms with van der Waals surface area (Å²) in [5.74, 6) is 0.0650. The summed E-state index contributed by atoms with van der Waals surface area (Å²) in [7, 11) is 0. The molecule has 3 atom stereocenters. The molecule has 1 unspecified atom stereocenters. The fraction of sp³-hybridized carbons (Fsp3) is 0.778. The summed E-state index contributed by atoms with van der Waals surface area (Å²) in [6.07, 6.45) is 9.72. The van der Waals surface area contributed by atoms with Gasteiger partial charge < -0.3 is 9.84 Å². The standard InChI is InChI=1S/C18H30O4/c1-3-5-6-7-15(19)10-8-14-9-12-17(20)16(14)11-13-18(21)22-4-2/h8,10,14-16,19H,3-7,9,11-13H2,1-2H3/t14-,15?,16-/m0/s1. The Bertz CT molecular complexity index is 375. The minimum Gasteiger partial charge on any atom is -0.466 e. The molecule has 0 bridgehead atoms. The van der Waals surface area contributed by atoms with Gasteiger partial charge in [-0.05, 0) is 32.1 Å². The van der Waals surface area contributed by atoms with Crippen LogP contribution >= 0.6 is 0 Å². The predicted octanol–water partition coefficient (Wildman–Crippen LogP) is 3.42. The highest BCUT2D eigenvalue weighted by Crippen LogP contribution is 2.33. The molecule has 0 radical (unpaired) electrons. The maximum Gasteiger partial charge on any atom is 0.305 e. The molecular formula is C18H30O4. The molecule has 126 valence electrons. The highest BCUT2D eigenvalue weighted by molar-refractivity contribution is 5.84. The van der Waals surface area contributed by atoms with Crippen LogP contribution in [-0.4, -0.2) is 29.6 Å². The fourth-order valence-corrected chi connectivity index (χ4v) is 3.02. The summed E-state index contributed by atoms with van der Waals surface area (Å²) >= 11 is 0. The lowest BCUT2D eigenvalue weighted by Crippen LogP contribution is -2.16. The molecule has 0 heterocycles. The van der Waals surface area contributed by atoms with Crippen LogP contribution < -0.4 is 0 Å². The quantitative estimate of drug-likeness (QED) is 0.381. The van der Waals surface area contributed by atoms with Gasteiger partial charge in [0.1, 0.15) is 5.78 Å². The second kappa shape index (κ2) is 10.5. The molecule has 0 spiro atoms. The molecule has 1 N–H and O–H groups in total. The van der Waals surface area contributed by atoms with E-state index >= 15 is 0 Å².